The average Bonchev–Trinajstić information content (AvgIpc) is 2.06. The molecule has 11 heavy (non-hydrogen) atoms. The Labute approximate surface area is 72.3 Å². The second kappa shape index (κ2) is 4.24. The topological polar surface area (TPSA) is 0 Å². The van der Waals surface area contributed by atoms with Gasteiger partial charge in [0.1, 0.15) is 0 Å². The summed E-state index contributed by atoms with van der Waals surface area (Å²) in [6, 6.07) is 8.29. The molecule has 1 aromatic rings. The Balaban J connectivity index is 3.02. The lowest BCUT2D eigenvalue weighted by Gasteiger charge is -1.99. The summed E-state index contributed by atoms with van der Waals surface area (Å²) in [4.78, 5) is 1.30. The van der Waals surface area contributed by atoms with Gasteiger partial charge in [-0.2, -0.15) is 0 Å². The molecule has 0 atom stereocenters. The monoisotopic (exact) mass is 163 g/mol. The van der Waals surface area contributed by atoms with Gasteiger partial charge in [0.15, 0.2) is 0 Å². The standard InChI is InChI=1S/C10H11S/c1-3-6-9-7-4-5-8-10(9)11-2/h3-8H,1H2,2H3. The maximum atomic E-state index is 3.67. The number of hydrogen-bond donors (Lipinski definition) is 0. The highest BCUT2D eigenvalue weighted by molar-refractivity contribution is 7.98. The summed E-state index contributed by atoms with van der Waals surface area (Å²) in [7, 11) is 0. The summed E-state index contributed by atoms with van der Waals surface area (Å²) >= 11 is 1.76. The summed E-state index contributed by atoms with van der Waals surface area (Å²) < 4.78 is 0. The van der Waals surface area contributed by atoms with Crippen LogP contribution in [0.1, 0.15) is 5.56 Å². The summed E-state index contributed by atoms with van der Waals surface area (Å²) in [5.41, 5.74) is 1.25. The molecule has 0 saturated heterocycles. The second-order valence-electron chi connectivity index (χ2n) is 2.14. The molecule has 0 saturated carbocycles. The Morgan fingerprint density at radius 2 is 2.09 bits per heavy atom. The lowest BCUT2D eigenvalue weighted by molar-refractivity contribution is 1.43. The Morgan fingerprint density at radius 3 is 2.73 bits per heavy atom. The van der Waals surface area contributed by atoms with Crippen LogP contribution in [0.4, 0.5) is 0 Å². The van der Waals surface area contributed by atoms with Crippen LogP contribution in [0.25, 0.3) is 6.08 Å². The number of thioether (sulfide) groups is 1. The van der Waals surface area contributed by atoms with Crippen LogP contribution in [0, 0.1) is 6.92 Å². The molecular formula is C10H11S. The fourth-order valence-corrected chi connectivity index (χ4v) is 1.52. The highest BCUT2D eigenvalue weighted by atomic mass is 32.2. The third-order valence-corrected chi connectivity index (χ3v) is 2.25. The van der Waals surface area contributed by atoms with Crippen molar-refractivity contribution in [3.8, 4) is 0 Å². The minimum Gasteiger partial charge on any atom is -0.129 e. The van der Waals surface area contributed by atoms with Crippen LogP contribution in [0.2, 0.25) is 0 Å². The number of allylic oxidation sites excluding steroid dienone is 1. The molecule has 57 valence electrons. The molecule has 0 unspecified atom stereocenters. The van der Waals surface area contributed by atoms with Gasteiger partial charge in [-0.25, -0.2) is 0 Å². The molecule has 0 fully saturated rings. The minimum absolute atomic E-state index is 1.25. The smallest absolute Gasteiger partial charge is 0.0141 e. The third kappa shape index (κ3) is 2.12. The summed E-state index contributed by atoms with van der Waals surface area (Å²) in [5.74, 6) is 0. The van der Waals surface area contributed by atoms with Gasteiger partial charge in [-0.1, -0.05) is 30.4 Å². The Kier molecular flexibility index (Phi) is 3.24. The highest BCUT2D eigenvalue weighted by Gasteiger charge is 1.93. The zero-order valence-electron chi connectivity index (χ0n) is 6.58. The first-order valence-corrected chi connectivity index (χ1v) is 4.69. The lowest BCUT2D eigenvalue weighted by atomic mass is 10.2. The van der Waals surface area contributed by atoms with Crippen LogP contribution in [-0.4, -0.2) is 6.26 Å². The van der Waals surface area contributed by atoms with E-state index in [1.807, 2.05) is 24.3 Å². The fourth-order valence-electron chi connectivity index (χ4n) is 0.931. The first-order chi connectivity index (χ1) is 5.38. The van der Waals surface area contributed by atoms with E-state index in [4.69, 9.17) is 0 Å². The molecule has 0 amide bonds. The van der Waals surface area contributed by atoms with E-state index in [1.165, 1.54) is 10.5 Å². The van der Waals surface area contributed by atoms with Gasteiger partial charge in [0, 0.05) is 4.90 Å². The van der Waals surface area contributed by atoms with E-state index in [0.717, 1.165) is 0 Å². The first-order valence-electron chi connectivity index (χ1n) is 3.47. The summed E-state index contributed by atoms with van der Waals surface area (Å²) in [6.07, 6.45) is 5.91. The molecule has 1 radical (unpaired) electrons. The molecule has 0 aliphatic rings. The molecule has 0 aliphatic heterocycles. The molecule has 1 rings (SSSR count). The molecule has 1 heteroatoms. The Bertz CT molecular complexity index is 251. The predicted octanol–water partition coefficient (Wildman–Crippen LogP) is 3.26. The Hall–Kier alpha value is -0.690. The van der Waals surface area contributed by atoms with E-state index in [0.29, 0.717) is 0 Å². The van der Waals surface area contributed by atoms with Crippen molar-refractivity contribution in [2.45, 2.75) is 4.90 Å². The van der Waals surface area contributed by atoms with Crippen molar-refractivity contribution in [3.05, 3.63) is 42.8 Å². The molecule has 0 nitrogen and oxygen atoms in total. The fraction of sp³-hybridized carbons (Fsp3) is 0.100. The van der Waals surface area contributed by atoms with Gasteiger partial charge in [-0.05, 0) is 24.8 Å². The van der Waals surface area contributed by atoms with Crippen molar-refractivity contribution >= 4 is 17.8 Å². The van der Waals surface area contributed by atoms with Gasteiger partial charge in [-0.15, -0.1) is 11.8 Å². The van der Waals surface area contributed by atoms with E-state index in [9.17, 15) is 0 Å². The van der Waals surface area contributed by atoms with Crippen molar-refractivity contribution in [2.75, 3.05) is 6.26 Å². The molecule has 0 N–H and O–H groups in total. The predicted molar refractivity (Wildman–Crippen MR) is 52.6 cm³/mol. The molecule has 0 spiro atoms. The van der Waals surface area contributed by atoms with E-state index in [2.05, 4.69) is 25.3 Å². The number of rotatable bonds is 2. The lowest BCUT2D eigenvalue weighted by Crippen LogP contribution is -1.75. The van der Waals surface area contributed by atoms with Crippen molar-refractivity contribution in [1.29, 1.82) is 0 Å². The van der Waals surface area contributed by atoms with E-state index < -0.39 is 0 Å². The third-order valence-electron chi connectivity index (χ3n) is 1.44. The molecular weight excluding hydrogens is 152 g/mol. The van der Waals surface area contributed by atoms with Gasteiger partial charge >= 0.3 is 0 Å². The zero-order valence-corrected chi connectivity index (χ0v) is 7.40. The SMILES string of the molecule is [CH2]C=Cc1ccccc1SC. The van der Waals surface area contributed by atoms with Crippen LogP contribution >= 0.6 is 11.8 Å². The zero-order chi connectivity index (χ0) is 8.10. The molecule has 0 aromatic heterocycles. The van der Waals surface area contributed by atoms with E-state index >= 15 is 0 Å². The van der Waals surface area contributed by atoms with Crippen LogP contribution in [0.5, 0.6) is 0 Å². The second-order valence-corrected chi connectivity index (χ2v) is 2.99. The van der Waals surface area contributed by atoms with Gasteiger partial charge in [-0.3, -0.25) is 0 Å². The van der Waals surface area contributed by atoms with Crippen LogP contribution in [0.3, 0.4) is 0 Å². The van der Waals surface area contributed by atoms with Gasteiger partial charge < -0.3 is 0 Å². The summed E-state index contributed by atoms with van der Waals surface area (Å²) in [6.45, 7) is 3.67. The van der Waals surface area contributed by atoms with Crippen LogP contribution < -0.4 is 0 Å². The van der Waals surface area contributed by atoms with Crippen molar-refractivity contribution < 1.29 is 0 Å². The van der Waals surface area contributed by atoms with Crippen molar-refractivity contribution in [2.24, 2.45) is 0 Å². The Morgan fingerprint density at radius 1 is 1.36 bits per heavy atom. The maximum absolute atomic E-state index is 3.67. The molecule has 0 aliphatic carbocycles. The highest BCUT2D eigenvalue weighted by Crippen LogP contribution is 2.20. The average molecular weight is 163 g/mol. The van der Waals surface area contributed by atoms with Gasteiger partial charge in [0.25, 0.3) is 0 Å². The van der Waals surface area contributed by atoms with Crippen molar-refractivity contribution in [1.82, 2.24) is 0 Å². The molecule has 0 bridgehead atoms. The van der Waals surface area contributed by atoms with Gasteiger partial charge in [0.05, 0.1) is 0 Å². The van der Waals surface area contributed by atoms with Gasteiger partial charge in [0.2, 0.25) is 0 Å². The molecule has 1 aromatic carbocycles. The minimum atomic E-state index is 1.25. The summed E-state index contributed by atoms with van der Waals surface area (Å²) in [5, 5.41) is 0. The number of benzene rings is 1. The largest absolute Gasteiger partial charge is 0.129 e. The maximum Gasteiger partial charge on any atom is 0.0141 e. The number of hydrogen-bond acceptors (Lipinski definition) is 1. The van der Waals surface area contributed by atoms with E-state index in [1.54, 1.807) is 11.8 Å². The normalized spacial score (nSPS) is 10.7. The van der Waals surface area contributed by atoms with Crippen LogP contribution in [0.15, 0.2) is 35.2 Å². The quantitative estimate of drug-likeness (QED) is 0.603. The van der Waals surface area contributed by atoms with Crippen LogP contribution in [-0.2, 0) is 0 Å². The van der Waals surface area contributed by atoms with E-state index in [-0.39, 0.29) is 0 Å². The van der Waals surface area contributed by atoms with Crippen molar-refractivity contribution in [3.63, 3.8) is 0 Å². The first kappa shape index (κ1) is 8.41. The molecule has 0 heterocycles.